The summed E-state index contributed by atoms with van der Waals surface area (Å²) in [4.78, 5) is 12.3. The minimum Gasteiger partial charge on any atom is -0.493 e. The highest BCUT2D eigenvalue weighted by Crippen LogP contribution is 2.31. The van der Waals surface area contributed by atoms with Gasteiger partial charge in [0.05, 0.1) is 25.9 Å². The van der Waals surface area contributed by atoms with E-state index in [1.807, 2.05) is 22.6 Å². The fraction of sp³-hybridized carbons (Fsp3) is 0.235. The summed E-state index contributed by atoms with van der Waals surface area (Å²) < 4.78 is 24.2. The van der Waals surface area contributed by atoms with Gasteiger partial charge in [-0.2, -0.15) is 0 Å². The number of carbonyl (C=O) groups excluding carboxylic acids is 1. The van der Waals surface area contributed by atoms with E-state index in [0.717, 1.165) is 0 Å². The van der Waals surface area contributed by atoms with Crippen molar-refractivity contribution in [2.75, 3.05) is 20.8 Å². The Morgan fingerprint density at radius 1 is 1.25 bits per heavy atom. The normalized spacial score (nSPS) is 11.7. The maximum absolute atomic E-state index is 13.2. The molecule has 24 heavy (non-hydrogen) atoms. The van der Waals surface area contributed by atoms with Crippen LogP contribution in [0.15, 0.2) is 36.4 Å². The van der Waals surface area contributed by atoms with Gasteiger partial charge < -0.3 is 19.9 Å². The van der Waals surface area contributed by atoms with Gasteiger partial charge in [0, 0.05) is 10.1 Å². The van der Waals surface area contributed by atoms with Gasteiger partial charge in [-0.1, -0.05) is 12.1 Å². The molecule has 0 aliphatic rings. The van der Waals surface area contributed by atoms with Gasteiger partial charge in [-0.3, -0.25) is 4.79 Å². The predicted molar refractivity (Wildman–Crippen MR) is 96.0 cm³/mol. The van der Waals surface area contributed by atoms with Crippen LogP contribution in [0, 0.1) is 9.39 Å². The monoisotopic (exact) mass is 445 g/mol. The van der Waals surface area contributed by atoms with E-state index in [-0.39, 0.29) is 12.5 Å². The number of hydrogen-bond acceptors (Lipinski definition) is 4. The minimum atomic E-state index is -0.998. The molecule has 0 spiro atoms. The van der Waals surface area contributed by atoms with E-state index in [0.29, 0.717) is 26.2 Å². The van der Waals surface area contributed by atoms with Crippen molar-refractivity contribution in [1.82, 2.24) is 5.32 Å². The van der Waals surface area contributed by atoms with Crippen LogP contribution in [0.4, 0.5) is 4.39 Å². The molecule has 0 aliphatic heterocycles. The van der Waals surface area contributed by atoms with Gasteiger partial charge in [-0.05, 0) is 52.4 Å². The minimum absolute atomic E-state index is 0.0350. The molecule has 0 saturated carbocycles. The Hall–Kier alpha value is -1.87. The molecule has 0 aromatic heterocycles. The number of rotatable bonds is 6. The molecular formula is C17H17FINO4. The third-order valence-corrected chi connectivity index (χ3v) is 4.30. The van der Waals surface area contributed by atoms with Gasteiger partial charge in [0.2, 0.25) is 0 Å². The van der Waals surface area contributed by atoms with E-state index in [9.17, 15) is 14.3 Å². The molecule has 2 aromatic rings. The SMILES string of the molecule is COc1cc(I)c(C(=O)NCC(O)c2cccc(F)c2)cc1OC. The molecule has 1 unspecified atom stereocenters. The zero-order valence-corrected chi connectivity index (χ0v) is 15.3. The Labute approximate surface area is 152 Å². The molecule has 1 amide bonds. The number of carbonyl (C=O) groups is 1. The maximum Gasteiger partial charge on any atom is 0.252 e. The Balaban J connectivity index is 2.10. The molecule has 7 heteroatoms. The number of nitrogens with one attached hydrogen (secondary N) is 1. The van der Waals surface area contributed by atoms with Gasteiger partial charge in [-0.15, -0.1) is 0 Å². The number of ether oxygens (including phenoxy) is 2. The van der Waals surface area contributed by atoms with Crippen LogP contribution in [-0.4, -0.2) is 31.8 Å². The third-order valence-electron chi connectivity index (χ3n) is 3.41. The summed E-state index contributed by atoms with van der Waals surface area (Å²) in [6.45, 7) is -0.0350. The molecule has 0 radical (unpaired) electrons. The van der Waals surface area contributed by atoms with Gasteiger partial charge in [-0.25, -0.2) is 4.39 Å². The Bertz CT molecular complexity index is 739. The quantitative estimate of drug-likeness (QED) is 0.672. The van der Waals surface area contributed by atoms with Crippen molar-refractivity contribution in [3.63, 3.8) is 0 Å². The lowest BCUT2D eigenvalue weighted by Gasteiger charge is -2.14. The lowest BCUT2D eigenvalue weighted by atomic mass is 10.1. The van der Waals surface area contributed by atoms with Gasteiger partial charge in [0.25, 0.3) is 5.91 Å². The van der Waals surface area contributed by atoms with Gasteiger partial charge >= 0.3 is 0 Å². The van der Waals surface area contributed by atoms with Gasteiger partial charge in [0.15, 0.2) is 11.5 Å². The number of hydrogen-bond donors (Lipinski definition) is 2. The molecule has 128 valence electrons. The van der Waals surface area contributed by atoms with E-state index in [4.69, 9.17) is 9.47 Å². The highest BCUT2D eigenvalue weighted by molar-refractivity contribution is 14.1. The largest absolute Gasteiger partial charge is 0.493 e. The molecule has 0 bridgehead atoms. The van der Waals surface area contributed by atoms with Crippen LogP contribution < -0.4 is 14.8 Å². The zero-order valence-electron chi connectivity index (χ0n) is 13.2. The summed E-state index contributed by atoms with van der Waals surface area (Å²) in [6, 6.07) is 8.90. The van der Waals surface area contributed by atoms with Crippen LogP contribution in [0.5, 0.6) is 11.5 Å². The maximum atomic E-state index is 13.2. The van der Waals surface area contributed by atoms with E-state index in [2.05, 4.69) is 5.32 Å². The average molecular weight is 445 g/mol. The molecule has 0 heterocycles. The number of aliphatic hydroxyl groups excluding tert-OH is 1. The fourth-order valence-electron chi connectivity index (χ4n) is 2.14. The summed E-state index contributed by atoms with van der Waals surface area (Å²) in [5.41, 5.74) is 0.803. The number of amides is 1. The second-order valence-corrected chi connectivity index (χ2v) is 6.13. The summed E-state index contributed by atoms with van der Waals surface area (Å²) >= 11 is 2.02. The van der Waals surface area contributed by atoms with E-state index in [1.54, 1.807) is 18.2 Å². The van der Waals surface area contributed by atoms with Crippen molar-refractivity contribution in [2.45, 2.75) is 6.10 Å². The molecular weight excluding hydrogens is 428 g/mol. The molecule has 2 N–H and O–H groups in total. The standard InChI is InChI=1S/C17H17FINO4/c1-23-15-7-12(13(19)8-16(15)24-2)17(22)20-9-14(21)10-4-3-5-11(18)6-10/h3-8,14,21H,9H2,1-2H3,(H,20,22). The fourth-order valence-corrected chi connectivity index (χ4v) is 2.83. The first kappa shape index (κ1) is 18.5. The van der Waals surface area contributed by atoms with Crippen LogP contribution in [0.2, 0.25) is 0 Å². The molecule has 2 aromatic carbocycles. The highest BCUT2D eigenvalue weighted by Gasteiger charge is 2.17. The first-order valence-corrected chi connectivity index (χ1v) is 8.17. The lowest BCUT2D eigenvalue weighted by molar-refractivity contribution is 0.0915. The molecule has 1 atom stereocenters. The molecule has 2 rings (SSSR count). The summed E-state index contributed by atoms with van der Waals surface area (Å²) in [5.74, 6) is 0.162. The number of aliphatic hydroxyl groups is 1. The summed E-state index contributed by atoms with van der Waals surface area (Å²) in [6.07, 6.45) is -0.998. The zero-order chi connectivity index (χ0) is 17.7. The number of halogens is 2. The summed E-state index contributed by atoms with van der Waals surface area (Å²) in [7, 11) is 3.00. The lowest BCUT2D eigenvalue weighted by Crippen LogP contribution is -2.29. The smallest absolute Gasteiger partial charge is 0.252 e. The second-order valence-electron chi connectivity index (χ2n) is 4.97. The van der Waals surface area contributed by atoms with Gasteiger partial charge in [0.1, 0.15) is 5.82 Å². The van der Waals surface area contributed by atoms with Crippen molar-refractivity contribution < 1.29 is 23.8 Å². The number of methoxy groups -OCH3 is 2. The van der Waals surface area contributed by atoms with E-state index < -0.39 is 11.9 Å². The Kier molecular flexibility index (Phi) is 6.38. The van der Waals surface area contributed by atoms with E-state index >= 15 is 0 Å². The first-order valence-electron chi connectivity index (χ1n) is 7.09. The van der Waals surface area contributed by atoms with Crippen LogP contribution in [0.1, 0.15) is 22.0 Å². The van der Waals surface area contributed by atoms with Crippen LogP contribution in [-0.2, 0) is 0 Å². The van der Waals surface area contributed by atoms with Crippen LogP contribution in [0.3, 0.4) is 0 Å². The number of benzene rings is 2. The average Bonchev–Trinajstić information content (AvgIpc) is 2.58. The molecule has 0 aliphatic carbocycles. The first-order chi connectivity index (χ1) is 11.5. The Morgan fingerprint density at radius 2 is 1.92 bits per heavy atom. The molecule has 0 fully saturated rings. The second kappa shape index (κ2) is 8.29. The van der Waals surface area contributed by atoms with Crippen molar-refractivity contribution in [1.29, 1.82) is 0 Å². The van der Waals surface area contributed by atoms with Crippen LogP contribution >= 0.6 is 22.6 Å². The Morgan fingerprint density at radius 3 is 2.54 bits per heavy atom. The van der Waals surface area contributed by atoms with Crippen molar-refractivity contribution >= 4 is 28.5 Å². The predicted octanol–water partition coefficient (Wildman–Crippen LogP) is 2.91. The summed E-state index contributed by atoms with van der Waals surface area (Å²) in [5, 5.41) is 12.7. The third kappa shape index (κ3) is 4.35. The topological polar surface area (TPSA) is 67.8 Å². The van der Waals surface area contributed by atoms with Crippen LogP contribution in [0.25, 0.3) is 0 Å². The molecule has 0 saturated heterocycles. The van der Waals surface area contributed by atoms with E-state index in [1.165, 1.54) is 32.4 Å². The van der Waals surface area contributed by atoms with Crippen molar-refractivity contribution in [3.05, 3.63) is 56.9 Å². The molecule has 5 nitrogen and oxygen atoms in total. The van der Waals surface area contributed by atoms with Crippen molar-refractivity contribution in [3.8, 4) is 11.5 Å². The van der Waals surface area contributed by atoms with Crippen molar-refractivity contribution in [2.24, 2.45) is 0 Å². The highest BCUT2D eigenvalue weighted by atomic mass is 127.